The lowest BCUT2D eigenvalue weighted by molar-refractivity contribution is 0.146. The monoisotopic (exact) mass is 361 g/mol. The van der Waals surface area contributed by atoms with Crippen LogP contribution < -0.4 is 15.4 Å². The average Bonchev–Trinajstić information content (AvgIpc) is 3.14. The highest BCUT2D eigenvalue weighted by molar-refractivity contribution is 7.09. The number of ether oxygens (including phenoxy) is 2. The molecular weight excluding hydrogens is 334 g/mol. The minimum atomic E-state index is 0.562. The van der Waals surface area contributed by atoms with E-state index in [0.29, 0.717) is 19.8 Å². The molecule has 25 heavy (non-hydrogen) atoms. The molecule has 0 spiro atoms. The Morgan fingerprint density at radius 3 is 2.64 bits per heavy atom. The molecule has 0 amide bonds. The highest BCUT2D eigenvalue weighted by Gasteiger charge is 2.00. The number of guanidine groups is 1. The summed E-state index contributed by atoms with van der Waals surface area (Å²) in [5.74, 6) is 1.70. The molecule has 0 aliphatic heterocycles. The molecule has 2 N–H and O–H groups in total. The maximum absolute atomic E-state index is 5.57. The molecule has 0 aliphatic rings. The first-order chi connectivity index (χ1) is 12.3. The first kappa shape index (κ1) is 19.3. The van der Waals surface area contributed by atoms with E-state index in [9.17, 15) is 0 Å². The largest absolute Gasteiger partial charge is 0.491 e. The summed E-state index contributed by atoms with van der Waals surface area (Å²) in [6, 6.07) is 12.3. The van der Waals surface area contributed by atoms with Gasteiger partial charge in [-0.1, -0.05) is 18.2 Å². The van der Waals surface area contributed by atoms with Crippen molar-refractivity contribution in [2.45, 2.75) is 19.9 Å². The molecule has 0 saturated carbocycles. The van der Waals surface area contributed by atoms with Crippen molar-refractivity contribution in [3.05, 3.63) is 52.2 Å². The Balaban J connectivity index is 1.80. The molecule has 2 rings (SSSR count). The molecule has 0 saturated heterocycles. The first-order valence-electron chi connectivity index (χ1n) is 8.57. The highest BCUT2D eigenvalue weighted by atomic mass is 32.1. The molecule has 2 aromatic rings. The van der Waals surface area contributed by atoms with E-state index < -0.39 is 0 Å². The van der Waals surface area contributed by atoms with E-state index in [2.05, 4.69) is 40.1 Å². The summed E-state index contributed by atoms with van der Waals surface area (Å²) in [6.45, 7) is 5.58. The quantitative estimate of drug-likeness (QED) is 0.388. The summed E-state index contributed by atoms with van der Waals surface area (Å²) < 4.78 is 10.5. The van der Waals surface area contributed by atoms with E-state index in [-0.39, 0.29) is 0 Å². The van der Waals surface area contributed by atoms with Crippen molar-refractivity contribution in [2.75, 3.05) is 33.4 Å². The summed E-state index contributed by atoms with van der Waals surface area (Å²) in [5, 5.41) is 8.77. The third-order valence-corrected chi connectivity index (χ3v) is 4.42. The van der Waals surface area contributed by atoms with E-state index in [1.807, 2.05) is 24.3 Å². The van der Waals surface area contributed by atoms with Gasteiger partial charge in [0.05, 0.1) is 13.2 Å². The predicted octanol–water partition coefficient (Wildman–Crippen LogP) is 3.07. The Hall–Kier alpha value is -2.05. The molecular formula is C19H27N3O2S. The van der Waals surface area contributed by atoms with E-state index in [1.54, 1.807) is 18.4 Å². The number of methoxy groups -OCH3 is 1. The van der Waals surface area contributed by atoms with E-state index in [4.69, 9.17) is 9.47 Å². The van der Waals surface area contributed by atoms with Gasteiger partial charge in [-0.05, 0) is 42.5 Å². The van der Waals surface area contributed by atoms with Gasteiger partial charge < -0.3 is 20.1 Å². The van der Waals surface area contributed by atoms with E-state index in [1.165, 1.54) is 4.88 Å². The van der Waals surface area contributed by atoms with Crippen LogP contribution in [0.25, 0.3) is 0 Å². The lowest BCUT2D eigenvalue weighted by Gasteiger charge is -2.11. The molecule has 0 unspecified atom stereocenters. The third-order valence-electron chi connectivity index (χ3n) is 3.49. The van der Waals surface area contributed by atoms with Gasteiger partial charge in [0.25, 0.3) is 0 Å². The van der Waals surface area contributed by atoms with Crippen LogP contribution in [0.3, 0.4) is 0 Å². The van der Waals surface area contributed by atoms with Gasteiger partial charge in [-0.15, -0.1) is 11.3 Å². The summed E-state index contributed by atoms with van der Waals surface area (Å²) in [7, 11) is 1.67. The number of benzene rings is 1. The summed E-state index contributed by atoms with van der Waals surface area (Å²) in [4.78, 5) is 6.03. The Morgan fingerprint density at radius 1 is 1.12 bits per heavy atom. The van der Waals surface area contributed by atoms with Crippen molar-refractivity contribution in [2.24, 2.45) is 4.99 Å². The van der Waals surface area contributed by atoms with Crippen molar-refractivity contribution >= 4 is 17.3 Å². The Kier molecular flexibility index (Phi) is 8.86. The van der Waals surface area contributed by atoms with Crippen molar-refractivity contribution in [3.8, 4) is 5.75 Å². The van der Waals surface area contributed by atoms with Gasteiger partial charge in [0.1, 0.15) is 12.4 Å². The first-order valence-corrected chi connectivity index (χ1v) is 9.45. The van der Waals surface area contributed by atoms with Gasteiger partial charge in [0.2, 0.25) is 0 Å². The zero-order valence-electron chi connectivity index (χ0n) is 15.0. The lowest BCUT2D eigenvalue weighted by Crippen LogP contribution is -2.38. The topological polar surface area (TPSA) is 54.9 Å². The minimum Gasteiger partial charge on any atom is -0.491 e. The second kappa shape index (κ2) is 11.5. The molecule has 136 valence electrons. The van der Waals surface area contributed by atoms with Crippen molar-refractivity contribution < 1.29 is 9.47 Å². The molecule has 1 heterocycles. The third kappa shape index (κ3) is 7.58. The molecule has 5 nitrogen and oxygen atoms in total. The molecule has 1 aromatic heterocycles. The van der Waals surface area contributed by atoms with Gasteiger partial charge in [0, 0.05) is 25.1 Å². The second-order valence-corrected chi connectivity index (χ2v) is 6.47. The smallest absolute Gasteiger partial charge is 0.191 e. The zero-order chi connectivity index (χ0) is 17.7. The fourth-order valence-electron chi connectivity index (χ4n) is 2.20. The van der Waals surface area contributed by atoms with E-state index in [0.717, 1.165) is 36.8 Å². The number of nitrogens with one attached hydrogen (secondary N) is 2. The number of hydrogen-bond acceptors (Lipinski definition) is 4. The number of nitrogens with zero attached hydrogens (tertiary/aromatic N) is 1. The summed E-state index contributed by atoms with van der Waals surface area (Å²) in [6.07, 6.45) is 1.01. The van der Waals surface area contributed by atoms with E-state index >= 15 is 0 Å². The van der Waals surface area contributed by atoms with Crippen LogP contribution in [0, 0.1) is 0 Å². The highest BCUT2D eigenvalue weighted by Crippen LogP contribution is 2.13. The maximum Gasteiger partial charge on any atom is 0.191 e. The van der Waals surface area contributed by atoms with Crippen LogP contribution in [0.1, 0.15) is 17.4 Å². The molecule has 0 atom stereocenters. The SMILES string of the molecule is CCNC(=NCc1ccc(OCCOC)cc1)NCCc1cccs1. The molecule has 1 aromatic carbocycles. The van der Waals surface area contributed by atoms with Gasteiger partial charge in [0.15, 0.2) is 5.96 Å². The normalized spacial score (nSPS) is 11.4. The summed E-state index contributed by atoms with van der Waals surface area (Å²) >= 11 is 1.79. The van der Waals surface area contributed by atoms with Crippen LogP contribution in [0.2, 0.25) is 0 Å². The number of aliphatic imine (C=N–C) groups is 1. The van der Waals surface area contributed by atoms with Crippen molar-refractivity contribution in [1.29, 1.82) is 0 Å². The van der Waals surface area contributed by atoms with Crippen LogP contribution in [-0.4, -0.2) is 39.4 Å². The van der Waals surface area contributed by atoms with Crippen molar-refractivity contribution in [1.82, 2.24) is 10.6 Å². The van der Waals surface area contributed by atoms with Crippen LogP contribution in [0.15, 0.2) is 46.8 Å². The maximum atomic E-state index is 5.57. The Morgan fingerprint density at radius 2 is 1.96 bits per heavy atom. The van der Waals surface area contributed by atoms with Gasteiger partial charge in [-0.25, -0.2) is 4.99 Å². The number of rotatable bonds is 10. The number of hydrogen-bond donors (Lipinski definition) is 2. The second-order valence-electron chi connectivity index (χ2n) is 5.44. The van der Waals surface area contributed by atoms with Crippen molar-refractivity contribution in [3.63, 3.8) is 0 Å². The fourth-order valence-corrected chi connectivity index (χ4v) is 2.91. The van der Waals surface area contributed by atoms with Gasteiger partial charge >= 0.3 is 0 Å². The molecule has 0 bridgehead atoms. The fraction of sp³-hybridized carbons (Fsp3) is 0.421. The Bertz CT molecular complexity index is 612. The molecule has 0 radical (unpaired) electrons. The van der Waals surface area contributed by atoms with Crippen LogP contribution in [-0.2, 0) is 17.7 Å². The molecule has 0 aliphatic carbocycles. The summed E-state index contributed by atoms with van der Waals surface area (Å²) in [5.41, 5.74) is 1.15. The molecule has 6 heteroatoms. The zero-order valence-corrected chi connectivity index (χ0v) is 15.8. The van der Waals surface area contributed by atoms with Gasteiger partial charge in [-0.2, -0.15) is 0 Å². The Labute approximate surface area is 154 Å². The van der Waals surface area contributed by atoms with Crippen LogP contribution in [0.5, 0.6) is 5.75 Å². The average molecular weight is 362 g/mol. The predicted molar refractivity (Wildman–Crippen MR) is 105 cm³/mol. The van der Waals surface area contributed by atoms with Gasteiger partial charge in [-0.3, -0.25) is 0 Å². The number of thiophene rings is 1. The van der Waals surface area contributed by atoms with Crippen LogP contribution in [0.4, 0.5) is 0 Å². The molecule has 0 fully saturated rings. The minimum absolute atomic E-state index is 0.562. The standard InChI is InChI=1S/C19H27N3O2S/c1-3-20-19(21-11-10-18-5-4-14-25-18)22-15-16-6-8-17(9-7-16)24-13-12-23-2/h4-9,14H,3,10-13,15H2,1-2H3,(H2,20,21,22). The lowest BCUT2D eigenvalue weighted by atomic mass is 10.2. The van der Waals surface area contributed by atoms with Crippen LogP contribution >= 0.6 is 11.3 Å².